The number of carboxylic acids is 1. The average molecular weight is 507 g/mol. The van der Waals surface area contributed by atoms with Gasteiger partial charge in [-0.1, -0.05) is 62.3 Å². The maximum absolute atomic E-state index is 13.2. The summed E-state index contributed by atoms with van der Waals surface area (Å²) in [7, 11) is 0. The topological polar surface area (TPSA) is 86.7 Å². The van der Waals surface area contributed by atoms with Crippen molar-refractivity contribution in [1.29, 1.82) is 0 Å². The second kappa shape index (κ2) is 14.4. The standard InChI is InChI=1S/C29H34N2O4S/c1-2-18-31(29(35)30-26(28(33)34)21-36-20-24-12-7-4-8-13-24)27(32)25-15-9-14-23(19-25)17-16-22-10-5-3-6-11-22/h3,5-6,9-11,14-15,19,24,26H,2,4,7-8,12-13,18,20-21H2,1H3,(H,30,35)(H,33,34)/t26-/m0/s1. The highest BCUT2D eigenvalue weighted by Crippen LogP contribution is 2.27. The van der Waals surface area contributed by atoms with Crippen LogP contribution < -0.4 is 5.32 Å². The molecule has 7 heteroatoms. The molecule has 3 amide bonds. The molecule has 2 aromatic rings. The fourth-order valence-corrected chi connectivity index (χ4v) is 5.44. The van der Waals surface area contributed by atoms with Gasteiger partial charge in [-0.2, -0.15) is 11.8 Å². The van der Waals surface area contributed by atoms with E-state index >= 15 is 0 Å². The van der Waals surface area contributed by atoms with Crippen molar-refractivity contribution in [1.82, 2.24) is 10.2 Å². The first-order chi connectivity index (χ1) is 17.5. The van der Waals surface area contributed by atoms with Gasteiger partial charge in [0.25, 0.3) is 5.91 Å². The minimum absolute atomic E-state index is 0.187. The maximum atomic E-state index is 13.2. The van der Waals surface area contributed by atoms with Crippen LogP contribution >= 0.6 is 11.8 Å². The highest BCUT2D eigenvalue weighted by atomic mass is 32.2. The molecular weight excluding hydrogens is 472 g/mol. The van der Waals surface area contributed by atoms with Crippen LogP contribution in [0.1, 0.15) is 66.9 Å². The summed E-state index contributed by atoms with van der Waals surface area (Å²) in [5.41, 5.74) is 1.85. The first kappa shape index (κ1) is 27.3. The summed E-state index contributed by atoms with van der Waals surface area (Å²) in [5, 5.41) is 12.2. The summed E-state index contributed by atoms with van der Waals surface area (Å²) in [6.45, 7) is 2.05. The molecule has 190 valence electrons. The fourth-order valence-electron chi connectivity index (χ4n) is 4.18. The fraction of sp³-hybridized carbons (Fsp3) is 0.414. The van der Waals surface area contributed by atoms with E-state index in [1.54, 1.807) is 36.0 Å². The van der Waals surface area contributed by atoms with Crippen LogP contribution in [0.3, 0.4) is 0 Å². The molecule has 1 aliphatic rings. The Morgan fingerprint density at radius 1 is 1.03 bits per heavy atom. The number of hydrogen-bond acceptors (Lipinski definition) is 4. The lowest BCUT2D eigenvalue weighted by atomic mass is 9.91. The Labute approximate surface area is 217 Å². The van der Waals surface area contributed by atoms with E-state index < -0.39 is 23.9 Å². The van der Waals surface area contributed by atoms with E-state index in [0.29, 0.717) is 23.5 Å². The van der Waals surface area contributed by atoms with Gasteiger partial charge in [0.1, 0.15) is 6.04 Å². The van der Waals surface area contributed by atoms with Crippen LogP contribution in [0.15, 0.2) is 54.6 Å². The van der Waals surface area contributed by atoms with Gasteiger partial charge in [0.05, 0.1) is 0 Å². The normalized spacial score (nSPS) is 14.2. The van der Waals surface area contributed by atoms with Gasteiger partial charge < -0.3 is 10.4 Å². The van der Waals surface area contributed by atoms with Crippen molar-refractivity contribution in [3.05, 3.63) is 71.3 Å². The molecule has 0 aromatic heterocycles. The van der Waals surface area contributed by atoms with Crippen LogP contribution in [0, 0.1) is 17.8 Å². The molecule has 0 unspecified atom stereocenters. The van der Waals surface area contributed by atoms with Crippen molar-refractivity contribution in [3.8, 4) is 11.8 Å². The Kier molecular flexibility index (Phi) is 10.9. The number of nitrogens with zero attached hydrogens (tertiary/aromatic N) is 1. The second-order valence-electron chi connectivity index (χ2n) is 9.04. The highest BCUT2D eigenvalue weighted by molar-refractivity contribution is 7.99. The van der Waals surface area contributed by atoms with Gasteiger partial charge in [0.2, 0.25) is 0 Å². The van der Waals surface area contributed by atoms with Gasteiger partial charge in [0.15, 0.2) is 0 Å². The van der Waals surface area contributed by atoms with Crippen molar-refractivity contribution >= 4 is 29.7 Å². The average Bonchev–Trinajstić information content (AvgIpc) is 2.90. The van der Waals surface area contributed by atoms with Gasteiger partial charge in [-0.25, -0.2) is 9.59 Å². The summed E-state index contributed by atoms with van der Waals surface area (Å²) in [6, 6.07) is 14.6. The molecule has 3 rings (SSSR count). The molecule has 6 nitrogen and oxygen atoms in total. The maximum Gasteiger partial charge on any atom is 0.327 e. The van der Waals surface area contributed by atoms with Crippen LogP contribution in [0.4, 0.5) is 4.79 Å². The number of nitrogens with one attached hydrogen (secondary N) is 1. The predicted octanol–water partition coefficient (Wildman–Crippen LogP) is 5.41. The third kappa shape index (κ3) is 8.46. The molecule has 0 bridgehead atoms. The number of urea groups is 1. The smallest absolute Gasteiger partial charge is 0.327 e. The Morgan fingerprint density at radius 2 is 1.72 bits per heavy atom. The molecule has 0 saturated heterocycles. The number of imide groups is 1. The number of amides is 3. The van der Waals surface area contributed by atoms with E-state index in [0.717, 1.165) is 16.2 Å². The van der Waals surface area contributed by atoms with Crippen molar-refractivity contribution in [2.24, 2.45) is 5.92 Å². The Bertz CT molecular complexity index is 1090. The molecule has 1 atom stereocenters. The number of carbonyl (C=O) groups excluding carboxylic acids is 2. The van der Waals surface area contributed by atoms with Crippen LogP contribution in [0.2, 0.25) is 0 Å². The Balaban J connectivity index is 1.65. The second-order valence-corrected chi connectivity index (χ2v) is 10.1. The lowest BCUT2D eigenvalue weighted by Gasteiger charge is -2.24. The molecule has 1 saturated carbocycles. The Morgan fingerprint density at radius 3 is 2.42 bits per heavy atom. The van der Waals surface area contributed by atoms with Crippen LogP contribution in [0.5, 0.6) is 0 Å². The SMILES string of the molecule is CCCN(C(=O)N[C@@H](CSCC1CCCCC1)C(=O)O)C(=O)c1cccc(C#Cc2ccccc2)c1. The Hall–Kier alpha value is -3.24. The molecule has 0 heterocycles. The zero-order valence-corrected chi connectivity index (χ0v) is 21.6. The lowest BCUT2D eigenvalue weighted by molar-refractivity contribution is -0.138. The monoisotopic (exact) mass is 506 g/mol. The number of rotatable bonds is 9. The van der Waals surface area contributed by atoms with E-state index in [9.17, 15) is 19.5 Å². The number of aliphatic carboxylic acids is 1. The molecule has 0 aliphatic heterocycles. The van der Waals surface area contributed by atoms with Gasteiger partial charge in [-0.3, -0.25) is 9.69 Å². The number of thioether (sulfide) groups is 1. The summed E-state index contributed by atoms with van der Waals surface area (Å²) >= 11 is 1.56. The van der Waals surface area contributed by atoms with E-state index in [-0.39, 0.29) is 12.3 Å². The third-order valence-electron chi connectivity index (χ3n) is 6.13. The molecule has 2 aromatic carbocycles. The summed E-state index contributed by atoms with van der Waals surface area (Å²) in [4.78, 5) is 39.2. The zero-order chi connectivity index (χ0) is 25.8. The molecule has 36 heavy (non-hydrogen) atoms. The lowest BCUT2D eigenvalue weighted by Crippen LogP contribution is -2.51. The van der Waals surface area contributed by atoms with Gasteiger partial charge in [0, 0.05) is 29.0 Å². The van der Waals surface area contributed by atoms with Crippen molar-refractivity contribution in [3.63, 3.8) is 0 Å². The first-order valence-corrected chi connectivity index (χ1v) is 13.7. The van der Waals surface area contributed by atoms with Crippen molar-refractivity contribution in [2.45, 2.75) is 51.5 Å². The van der Waals surface area contributed by atoms with Gasteiger partial charge in [-0.05, 0) is 61.3 Å². The van der Waals surface area contributed by atoms with E-state index in [4.69, 9.17) is 0 Å². The number of carbonyl (C=O) groups is 3. The molecule has 0 radical (unpaired) electrons. The van der Waals surface area contributed by atoms with Crippen molar-refractivity contribution in [2.75, 3.05) is 18.1 Å². The molecule has 1 fully saturated rings. The largest absolute Gasteiger partial charge is 0.480 e. The van der Waals surface area contributed by atoms with E-state index in [1.807, 2.05) is 37.3 Å². The molecule has 2 N–H and O–H groups in total. The minimum atomic E-state index is -1.10. The number of hydrogen-bond donors (Lipinski definition) is 2. The van der Waals surface area contributed by atoms with Gasteiger partial charge >= 0.3 is 12.0 Å². The third-order valence-corrected chi connectivity index (χ3v) is 7.41. The number of carboxylic acid groups (broad SMARTS) is 1. The van der Waals surface area contributed by atoms with Gasteiger partial charge in [-0.15, -0.1) is 0 Å². The van der Waals surface area contributed by atoms with Crippen LogP contribution in [-0.2, 0) is 4.79 Å². The quantitative estimate of drug-likeness (QED) is 0.444. The summed E-state index contributed by atoms with van der Waals surface area (Å²) in [6.07, 6.45) is 6.67. The van der Waals surface area contributed by atoms with Crippen LogP contribution in [0.25, 0.3) is 0 Å². The highest BCUT2D eigenvalue weighted by Gasteiger charge is 2.27. The zero-order valence-electron chi connectivity index (χ0n) is 20.7. The van der Waals surface area contributed by atoms with Crippen LogP contribution in [-0.4, -0.2) is 52.0 Å². The van der Waals surface area contributed by atoms with E-state index in [2.05, 4.69) is 17.2 Å². The number of benzene rings is 2. The molecular formula is C29H34N2O4S. The van der Waals surface area contributed by atoms with Crippen molar-refractivity contribution < 1.29 is 19.5 Å². The summed E-state index contributed by atoms with van der Waals surface area (Å²) < 4.78 is 0. The molecule has 0 spiro atoms. The first-order valence-electron chi connectivity index (χ1n) is 12.6. The molecule has 1 aliphatic carbocycles. The minimum Gasteiger partial charge on any atom is -0.480 e. The van der Waals surface area contributed by atoms with E-state index in [1.165, 1.54) is 32.1 Å². The summed E-state index contributed by atoms with van der Waals surface area (Å²) in [5.74, 6) is 6.33. The predicted molar refractivity (Wildman–Crippen MR) is 144 cm³/mol.